The van der Waals surface area contributed by atoms with E-state index in [-0.39, 0.29) is 11.7 Å². The Morgan fingerprint density at radius 2 is 2.19 bits per heavy atom. The third-order valence-corrected chi connectivity index (χ3v) is 3.62. The summed E-state index contributed by atoms with van der Waals surface area (Å²) in [6.07, 6.45) is -3.87. The highest BCUT2D eigenvalue weighted by Gasteiger charge is 2.37. The number of hydrogen-bond acceptors (Lipinski definition) is 4. The third kappa shape index (κ3) is 3.26. The number of nitrogens with zero attached hydrogens (tertiary/aromatic N) is 2. The summed E-state index contributed by atoms with van der Waals surface area (Å²) in [5, 5.41) is 13.8. The molecule has 116 valence electrons. The van der Waals surface area contributed by atoms with Crippen molar-refractivity contribution < 1.29 is 18.1 Å². The predicted octanol–water partition coefficient (Wildman–Crippen LogP) is 2.80. The Hall–Kier alpha value is -1.83. The number of rotatable bonds is 4. The number of alkyl halides is 3. The lowest BCUT2D eigenvalue weighted by Crippen LogP contribution is -2.38. The summed E-state index contributed by atoms with van der Waals surface area (Å²) < 4.78 is 39.6. The lowest BCUT2D eigenvalue weighted by atomic mass is 10.1. The molecule has 1 N–H and O–H groups in total. The molecule has 1 aliphatic rings. The van der Waals surface area contributed by atoms with Gasteiger partial charge >= 0.3 is 6.18 Å². The smallest absolute Gasteiger partial charge is 0.367 e. The molecule has 0 aliphatic carbocycles. The summed E-state index contributed by atoms with van der Waals surface area (Å²) in [6.45, 7) is 3.56. The van der Waals surface area contributed by atoms with Crippen LogP contribution in [0.25, 0.3) is 0 Å². The number of benzene rings is 1. The SMILES string of the molecule is CCN(c1ccc([N+](=O)[O-])cc1C(F)(F)F)C1CCNC1. The molecular formula is C13H16F3N3O2. The van der Waals surface area contributed by atoms with Gasteiger partial charge in [-0.25, -0.2) is 0 Å². The van der Waals surface area contributed by atoms with Gasteiger partial charge in [-0.3, -0.25) is 10.1 Å². The van der Waals surface area contributed by atoms with Crippen LogP contribution in [0.4, 0.5) is 24.5 Å². The maximum absolute atomic E-state index is 13.2. The monoisotopic (exact) mass is 303 g/mol. The fourth-order valence-electron chi connectivity index (χ4n) is 2.65. The van der Waals surface area contributed by atoms with Crippen LogP contribution in [0.5, 0.6) is 0 Å². The Bertz CT molecular complexity index is 528. The Morgan fingerprint density at radius 3 is 2.67 bits per heavy atom. The maximum atomic E-state index is 13.2. The normalized spacial score (nSPS) is 18.8. The standard InChI is InChI=1S/C13H16F3N3O2/c1-2-18(10-5-6-17-8-10)12-4-3-9(19(20)21)7-11(12)13(14,15)16/h3-4,7,10,17H,2,5-6,8H2,1H3. The average molecular weight is 303 g/mol. The first-order valence-corrected chi connectivity index (χ1v) is 6.67. The number of non-ortho nitro benzene ring substituents is 1. The Labute approximate surface area is 119 Å². The van der Waals surface area contributed by atoms with Gasteiger partial charge in [0.1, 0.15) is 0 Å². The highest BCUT2D eigenvalue weighted by atomic mass is 19.4. The summed E-state index contributed by atoms with van der Waals surface area (Å²) in [7, 11) is 0. The Morgan fingerprint density at radius 1 is 1.48 bits per heavy atom. The second-order valence-corrected chi connectivity index (χ2v) is 4.89. The molecule has 2 rings (SSSR count). The molecule has 1 aliphatic heterocycles. The predicted molar refractivity (Wildman–Crippen MR) is 72.4 cm³/mol. The number of nitro benzene ring substituents is 1. The Kier molecular flexibility index (Phi) is 4.36. The molecule has 0 amide bonds. The molecular weight excluding hydrogens is 287 g/mol. The van der Waals surface area contributed by atoms with E-state index in [4.69, 9.17) is 0 Å². The van der Waals surface area contributed by atoms with E-state index in [0.717, 1.165) is 19.0 Å². The van der Waals surface area contributed by atoms with Crippen molar-refractivity contribution in [3.05, 3.63) is 33.9 Å². The van der Waals surface area contributed by atoms with Gasteiger partial charge in [0.05, 0.1) is 10.5 Å². The van der Waals surface area contributed by atoms with Crippen LogP contribution in [-0.2, 0) is 6.18 Å². The maximum Gasteiger partial charge on any atom is 0.418 e. The highest BCUT2D eigenvalue weighted by Crippen LogP contribution is 2.39. The van der Waals surface area contributed by atoms with Crippen molar-refractivity contribution in [1.29, 1.82) is 0 Å². The largest absolute Gasteiger partial charge is 0.418 e. The zero-order valence-electron chi connectivity index (χ0n) is 11.5. The van der Waals surface area contributed by atoms with Crippen molar-refractivity contribution in [2.75, 3.05) is 24.5 Å². The van der Waals surface area contributed by atoms with Crippen molar-refractivity contribution >= 4 is 11.4 Å². The second-order valence-electron chi connectivity index (χ2n) is 4.89. The van der Waals surface area contributed by atoms with Gasteiger partial charge in [-0.2, -0.15) is 13.2 Å². The molecule has 1 unspecified atom stereocenters. The van der Waals surface area contributed by atoms with Crippen LogP contribution in [0.1, 0.15) is 18.9 Å². The number of hydrogen-bond donors (Lipinski definition) is 1. The molecule has 1 fully saturated rings. The molecule has 1 aromatic rings. The number of nitrogens with one attached hydrogen (secondary N) is 1. The third-order valence-electron chi connectivity index (χ3n) is 3.62. The van der Waals surface area contributed by atoms with Gasteiger partial charge in [-0.1, -0.05) is 0 Å². The molecule has 0 radical (unpaired) electrons. The van der Waals surface area contributed by atoms with E-state index < -0.39 is 22.4 Å². The number of anilines is 1. The van der Waals surface area contributed by atoms with Crippen LogP contribution in [0.3, 0.4) is 0 Å². The molecule has 0 aromatic heterocycles. The fraction of sp³-hybridized carbons (Fsp3) is 0.538. The van der Waals surface area contributed by atoms with E-state index in [1.807, 2.05) is 0 Å². The van der Waals surface area contributed by atoms with Gasteiger partial charge in [0.2, 0.25) is 0 Å². The summed E-state index contributed by atoms with van der Waals surface area (Å²) in [4.78, 5) is 11.5. The number of halogens is 3. The molecule has 1 saturated heterocycles. The minimum Gasteiger partial charge on any atom is -0.367 e. The van der Waals surface area contributed by atoms with Crippen LogP contribution < -0.4 is 10.2 Å². The molecule has 5 nitrogen and oxygen atoms in total. The highest BCUT2D eigenvalue weighted by molar-refractivity contribution is 5.60. The van der Waals surface area contributed by atoms with Gasteiger partial charge in [-0.05, 0) is 26.0 Å². The zero-order valence-corrected chi connectivity index (χ0v) is 11.5. The average Bonchev–Trinajstić information content (AvgIpc) is 2.92. The van der Waals surface area contributed by atoms with Gasteiger partial charge in [0.15, 0.2) is 0 Å². The van der Waals surface area contributed by atoms with Crippen molar-refractivity contribution in [2.45, 2.75) is 25.6 Å². The van der Waals surface area contributed by atoms with Crippen LogP contribution in [0.15, 0.2) is 18.2 Å². The number of likely N-dealkylation sites (N-methyl/N-ethyl adjacent to an activating group) is 1. The van der Waals surface area contributed by atoms with Gasteiger partial charge in [0, 0.05) is 37.0 Å². The van der Waals surface area contributed by atoms with Gasteiger partial charge < -0.3 is 10.2 Å². The first kappa shape index (κ1) is 15.6. The second kappa shape index (κ2) is 5.88. The summed E-state index contributed by atoms with van der Waals surface area (Å²) in [5.74, 6) is 0. The van der Waals surface area contributed by atoms with E-state index in [1.165, 1.54) is 6.07 Å². The molecule has 1 aromatic carbocycles. The molecule has 1 atom stereocenters. The van der Waals surface area contributed by atoms with E-state index in [1.54, 1.807) is 11.8 Å². The molecule has 0 bridgehead atoms. The first-order valence-electron chi connectivity index (χ1n) is 6.67. The van der Waals surface area contributed by atoms with Crippen LogP contribution in [-0.4, -0.2) is 30.6 Å². The fourth-order valence-corrected chi connectivity index (χ4v) is 2.65. The quantitative estimate of drug-likeness (QED) is 0.686. The van der Waals surface area contributed by atoms with Crippen molar-refractivity contribution in [3.63, 3.8) is 0 Å². The molecule has 0 saturated carbocycles. The van der Waals surface area contributed by atoms with E-state index in [0.29, 0.717) is 19.2 Å². The van der Waals surface area contributed by atoms with Gasteiger partial charge in [0.25, 0.3) is 5.69 Å². The van der Waals surface area contributed by atoms with Crippen molar-refractivity contribution in [3.8, 4) is 0 Å². The van der Waals surface area contributed by atoms with Crippen molar-refractivity contribution in [2.24, 2.45) is 0 Å². The summed E-state index contributed by atoms with van der Waals surface area (Å²) in [5.41, 5.74) is -1.50. The molecule has 0 spiro atoms. The minimum atomic E-state index is -4.62. The summed E-state index contributed by atoms with van der Waals surface area (Å²) >= 11 is 0. The first-order chi connectivity index (χ1) is 9.84. The van der Waals surface area contributed by atoms with Crippen LogP contribution in [0, 0.1) is 10.1 Å². The topological polar surface area (TPSA) is 58.4 Å². The van der Waals surface area contributed by atoms with Crippen LogP contribution in [0.2, 0.25) is 0 Å². The molecule has 1 heterocycles. The lowest BCUT2D eigenvalue weighted by molar-refractivity contribution is -0.385. The lowest BCUT2D eigenvalue weighted by Gasteiger charge is -2.31. The van der Waals surface area contributed by atoms with Crippen molar-refractivity contribution in [1.82, 2.24) is 5.32 Å². The van der Waals surface area contributed by atoms with E-state index in [9.17, 15) is 23.3 Å². The number of nitro groups is 1. The Balaban J connectivity index is 2.47. The zero-order chi connectivity index (χ0) is 15.6. The van der Waals surface area contributed by atoms with Gasteiger partial charge in [-0.15, -0.1) is 0 Å². The van der Waals surface area contributed by atoms with E-state index in [2.05, 4.69) is 5.32 Å². The minimum absolute atomic E-state index is 0.00398. The molecule has 21 heavy (non-hydrogen) atoms. The molecule has 8 heteroatoms. The van der Waals surface area contributed by atoms with Crippen LogP contribution >= 0.6 is 0 Å². The summed E-state index contributed by atoms with van der Waals surface area (Å²) in [6, 6.07) is 2.90. The van der Waals surface area contributed by atoms with E-state index >= 15 is 0 Å².